The largest absolute Gasteiger partial charge is 0.573 e. The molecule has 0 atom stereocenters. The average Bonchev–Trinajstić information content (AvgIpc) is 2.67. The smallest absolute Gasteiger partial charge is 0.489 e. The molecule has 0 heterocycles. The molecule has 0 unspecified atom stereocenters. The van der Waals surface area contributed by atoms with E-state index >= 15 is 0 Å². The van der Waals surface area contributed by atoms with Gasteiger partial charge in [-0.1, -0.05) is 42.5 Å². The van der Waals surface area contributed by atoms with Crippen LogP contribution in [0.5, 0.6) is 11.5 Å². The lowest BCUT2D eigenvalue weighted by atomic mass is 10.1. The van der Waals surface area contributed by atoms with Crippen LogP contribution in [-0.4, -0.2) is 6.36 Å². The molecule has 0 saturated carbocycles. The zero-order chi connectivity index (χ0) is 19.8. The second-order valence-corrected chi connectivity index (χ2v) is 5.97. The Labute approximate surface area is 160 Å². The molecule has 3 aromatic rings. The number of halogens is 3. The molecule has 0 radical (unpaired) electrons. The highest BCUT2D eigenvalue weighted by Crippen LogP contribution is 2.25. The summed E-state index contributed by atoms with van der Waals surface area (Å²) in [5.74, 6) is 0.183. The molecule has 0 aliphatic rings. The Kier molecular flexibility index (Phi) is 6.39. The number of ether oxygens (including phenoxy) is 2. The SMILES string of the molecule is FC(F)(F)Oc1ccc(OCc2cccc(CNNc3ccccc3)c2)cc1. The van der Waals surface area contributed by atoms with Gasteiger partial charge in [-0.15, -0.1) is 13.2 Å². The Bertz CT molecular complexity index is 869. The van der Waals surface area contributed by atoms with Gasteiger partial charge in [0.2, 0.25) is 0 Å². The van der Waals surface area contributed by atoms with E-state index in [9.17, 15) is 13.2 Å². The van der Waals surface area contributed by atoms with Crippen LogP contribution in [-0.2, 0) is 13.2 Å². The second kappa shape index (κ2) is 9.14. The van der Waals surface area contributed by atoms with Gasteiger partial charge < -0.3 is 14.9 Å². The molecule has 146 valence electrons. The highest BCUT2D eigenvalue weighted by molar-refractivity contribution is 5.41. The lowest BCUT2D eigenvalue weighted by molar-refractivity contribution is -0.274. The Balaban J connectivity index is 1.49. The summed E-state index contributed by atoms with van der Waals surface area (Å²) in [4.78, 5) is 0. The van der Waals surface area contributed by atoms with Gasteiger partial charge in [0.1, 0.15) is 18.1 Å². The predicted octanol–water partition coefficient (Wildman–Crippen LogP) is 5.28. The fourth-order valence-electron chi connectivity index (χ4n) is 2.50. The van der Waals surface area contributed by atoms with Crippen molar-refractivity contribution in [3.05, 3.63) is 90.0 Å². The van der Waals surface area contributed by atoms with Gasteiger partial charge in [0.25, 0.3) is 0 Å². The summed E-state index contributed by atoms with van der Waals surface area (Å²) in [7, 11) is 0. The molecule has 0 saturated heterocycles. The van der Waals surface area contributed by atoms with Gasteiger partial charge >= 0.3 is 6.36 Å². The molecule has 4 nitrogen and oxygen atoms in total. The van der Waals surface area contributed by atoms with Crippen molar-refractivity contribution in [2.75, 3.05) is 5.43 Å². The van der Waals surface area contributed by atoms with Gasteiger partial charge in [-0.25, -0.2) is 5.43 Å². The number of hydrazine groups is 1. The molecule has 0 spiro atoms. The lowest BCUT2D eigenvalue weighted by Gasteiger charge is -2.11. The first-order chi connectivity index (χ1) is 13.5. The van der Waals surface area contributed by atoms with E-state index in [1.54, 1.807) is 0 Å². The molecular weight excluding hydrogens is 369 g/mol. The maximum Gasteiger partial charge on any atom is 0.573 e. The van der Waals surface area contributed by atoms with Gasteiger partial charge in [0, 0.05) is 12.2 Å². The number of alkyl halides is 3. The molecule has 3 aromatic carbocycles. The van der Waals surface area contributed by atoms with Crippen LogP contribution in [0.3, 0.4) is 0 Å². The van der Waals surface area contributed by atoms with Crippen LogP contribution < -0.4 is 20.3 Å². The topological polar surface area (TPSA) is 42.5 Å². The van der Waals surface area contributed by atoms with Crippen LogP contribution in [0.1, 0.15) is 11.1 Å². The molecule has 2 N–H and O–H groups in total. The molecule has 0 amide bonds. The molecular formula is C21H19F3N2O2. The van der Waals surface area contributed by atoms with E-state index in [1.807, 2.05) is 54.6 Å². The minimum atomic E-state index is -4.70. The summed E-state index contributed by atoms with van der Waals surface area (Å²) in [5.41, 5.74) is 9.26. The monoisotopic (exact) mass is 388 g/mol. The average molecular weight is 388 g/mol. The fourth-order valence-corrected chi connectivity index (χ4v) is 2.50. The van der Waals surface area contributed by atoms with Crippen LogP contribution in [0.15, 0.2) is 78.9 Å². The number of hydrogen-bond donors (Lipinski definition) is 2. The first-order valence-corrected chi connectivity index (χ1v) is 8.58. The fraction of sp³-hybridized carbons (Fsp3) is 0.143. The van der Waals surface area contributed by atoms with Crippen molar-refractivity contribution in [2.45, 2.75) is 19.5 Å². The zero-order valence-electron chi connectivity index (χ0n) is 14.9. The van der Waals surface area contributed by atoms with Crippen LogP contribution in [0.4, 0.5) is 18.9 Å². The zero-order valence-corrected chi connectivity index (χ0v) is 14.9. The maximum atomic E-state index is 12.2. The third-order valence-electron chi connectivity index (χ3n) is 3.75. The van der Waals surface area contributed by atoms with Crippen molar-refractivity contribution in [3.63, 3.8) is 0 Å². The van der Waals surface area contributed by atoms with Gasteiger partial charge in [-0.3, -0.25) is 0 Å². The quantitative estimate of drug-likeness (QED) is 0.515. The van der Waals surface area contributed by atoms with Crippen molar-refractivity contribution >= 4 is 5.69 Å². The van der Waals surface area contributed by atoms with Gasteiger partial charge in [-0.2, -0.15) is 0 Å². The Hall–Kier alpha value is -3.19. The Morgan fingerprint density at radius 3 is 2.14 bits per heavy atom. The standard InChI is InChI=1S/C21H19F3N2O2/c22-21(23,24)28-20-11-9-19(10-12-20)27-15-17-6-4-5-16(13-17)14-25-26-18-7-2-1-3-8-18/h1-13,25-26H,14-15H2. The van der Waals surface area contributed by atoms with E-state index in [2.05, 4.69) is 15.6 Å². The number of nitrogens with one attached hydrogen (secondary N) is 2. The summed E-state index contributed by atoms with van der Waals surface area (Å²) in [6.45, 7) is 0.922. The van der Waals surface area contributed by atoms with Crippen LogP contribution in [0.25, 0.3) is 0 Å². The van der Waals surface area contributed by atoms with Gasteiger partial charge in [-0.05, 0) is 47.5 Å². The van der Waals surface area contributed by atoms with E-state index in [-0.39, 0.29) is 5.75 Å². The molecule has 0 fully saturated rings. The summed E-state index contributed by atoms with van der Waals surface area (Å²) in [5, 5.41) is 0. The third-order valence-corrected chi connectivity index (χ3v) is 3.75. The highest BCUT2D eigenvalue weighted by atomic mass is 19.4. The summed E-state index contributed by atoms with van der Waals surface area (Å²) in [6, 6.07) is 22.9. The summed E-state index contributed by atoms with van der Waals surface area (Å²) < 4.78 is 46.0. The molecule has 7 heteroatoms. The Morgan fingerprint density at radius 1 is 0.750 bits per heavy atom. The number of benzene rings is 3. The van der Waals surface area contributed by atoms with Crippen molar-refractivity contribution in [1.29, 1.82) is 0 Å². The minimum absolute atomic E-state index is 0.279. The van der Waals surface area contributed by atoms with E-state index in [0.29, 0.717) is 18.9 Å². The van der Waals surface area contributed by atoms with E-state index in [1.165, 1.54) is 24.3 Å². The number of rotatable bonds is 8. The maximum absolute atomic E-state index is 12.2. The second-order valence-electron chi connectivity index (χ2n) is 5.97. The number of para-hydroxylation sites is 1. The molecule has 0 aromatic heterocycles. The lowest BCUT2D eigenvalue weighted by Crippen LogP contribution is -2.20. The molecule has 0 aliphatic carbocycles. The van der Waals surface area contributed by atoms with Crippen molar-refractivity contribution < 1.29 is 22.6 Å². The molecule has 3 rings (SSSR count). The molecule has 28 heavy (non-hydrogen) atoms. The summed E-state index contributed by atoms with van der Waals surface area (Å²) >= 11 is 0. The predicted molar refractivity (Wildman–Crippen MR) is 101 cm³/mol. The summed E-state index contributed by atoms with van der Waals surface area (Å²) in [6.07, 6.45) is -4.70. The normalized spacial score (nSPS) is 11.1. The minimum Gasteiger partial charge on any atom is -0.489 e. The van der Waals surface area contributed by atoms with E-state index in [0.717, 1.165) is 16.8 Å². The van der Waals surface area contributed by atoms with Crippen molar-refractivity contribution in [1.82, 2.24) is 5.43 Å². The molecule has 0 aliphatic heterocycles. The number of hydrogen-bond acceptors (Lipinski definition) is 4. The van der Waals surface area contributed by atoms with E-state index in [4.69, 9.17) is 4.74 Å². The highest BCUT2D eigenvalue weighted by Gasteiger charge is 2.30. The van der Waals surface area contributed by atoms with Gasteiger partial charge in [0.15, 0.2) is 0 Å². The third kappa shape index (κ3) is 6.51. The van der Waals surface area contributed by atoms with Crippen molar-refractivity contribution in [3.8, 4) is 11.5 Å². The molecule has 0 bridgehead atoms. The van der Waals surface area contributed by atoms with Crippen molar-refractivity contribution in [2.24, 2.45) is 0 Å². The van der Waals surface area contributed by atoms with E-state index < -0.39 is 6.36 Å². The van der Waals surface area contributed by atoms with Crippen LogP contribution in [0.2, 0.25) is 0 Å². The van der Waals surface area contributed by atoms with Crippen LogP contribution in [0, 0.1) is 0 Å². The number of anilines is 1. The van der Waals surface area contributed by atoms with Gasteiger partial charge in [0.05, 0.1) is 0 Å². The first kappa shape index (κ1) is 19.6. The van der Waals surface area contributed by atoms with Crippen LogP contribution >= 0.6 is 0 Å². The first-order valence-electron chi connectivity index (χ1n) is 8.58. The Morgan fingerprint density at radius 2 is 1.43 bits per heavy atom.